The summed E-state index contributed by atoms with van der Waals surface area (Å²) in [7, 11) is 1.61. The normalized spacial score (nSPS) is 26.2. The minimum Gasteiger partial charge on any atom is -0.493 e. The summed E-state index contributed by atoms with van der Waals surface area (Å²) >= 11 is 9.12. The summed E-state index contributed by atoms with van der Waals surface area (Å²) in [4.78, 5) is 28.9. The SMILES string of the molecule is COc1cc([C@@H]2c3sc(=O)[nH]c3S[C@@H]3[C@H]4CC[C@@H](C4)[C@H]23)ccc1OCC(=O)Nc1ccc(Cl)cc1. The second-order valence-corrected chi connectivity index (χ2v) is 12.1. The highest BCUT2D eigenvalue weighted by atomic mass is 35.5. The van der Waals surface area contributed by atoms with Gasteiger partial charge in [-0.1, -0.05) is 29.0 Å². The molecule has 0 unspecified atom stereocenters. The third-order valence-electron chi connectivity index (χ3n) is 7.50. The summed E-state index contributed by atoms with van der Waals surface area (Å²) < 4.78 is 11.5. The predicted molar refractivity (Wildman–Crippen MR) is 139 cm³/mol. The topological polar surface area (TPSA) is 80.4 Å². The lowest BCUT2D eigenvalue weighted by molar-refractivity contribution is -0.118. The molecule has 1 aliphatic heterocycles. The van der Waals surface area contributed by atoms with Crippen LogP contribution in [0.2, 0.25) is 5.02 Å². The standard InChI is InChI=1S/C26H25ClN2O4S2/c1-32-19-11-14(4-9-18(19)33-12-20(30)28-17-7-5-16(27)6-8-17)22-21-13-2-3-15(10-13)23(21)34-25-24(22)35-26(31)29-25/h4-9,11,13,15,21-23H,2-3,10,12H2,1H3,(H,28,30)(H,29,31)/t13-,15-,21+,22-,23+/m0/s1. The van der Waals surface area contributed by atoms with Gasteiger partial charge >= 0.3 is 4.87 Å². The van der Waals surface area contributed by atoms with E-state index in [2.05, 4.69) is 16.4 Å². The molecule has 6 rings (SSSR count). The van der Waals surface area contributed by atoms with Crippen molar-refractivity contribution in [3.63, 3.8) is 0 Å². The van der Waals surface area contributed by atoms with Crippen LogP contribution in [-0.2, 0) is 4.79 Å². The van der Waals surface area contributed by atoms with Crippen LogP contribution in [0.3, 0.4) is 0 Å². The molecule has 0 saturated heterocycles. The number of methoxy groups -OCH3 is 1. The number of halogens is 1. The number of benzene rings is 2. The fraction of sp³-hybridized carbons (Fsp3) is 0.385. The highest BCUT2D eigenvalue weighted by molar-refractivity contribution is 8.00. The van der Waals surface area contributed by atoms with E-state index in [9.17, 15) is 9.59 Å². The molecule has 9 heteroatoms. The van der Waals surface area contributed by atoms with Crippen LogP contribution in [0.5, 0.6) is 11.5 Å². The fourth-order valence-electron chi connectivity index (χ4n) is 6.09. The van der Waals surface area contributed by atoms with Gasteiger partial charge in [-0.2, -0.15) is 0 Å². The van der Waals surface area contributed by atoms with E-state index in [1.807, 2.05) is 23.9 Å². The fourth-order valence-corrected chi connectivity index (χ4v) is 9.11. The predicted octanol–water partition coefficient (Wildman–Crippen LogP) is 5.77. The van der Waals surface area contributed by atoms with Gasteiger partial charge in [0.25, 0.3) is 5.91 Å². The Morgan fingerprint density at radius 3 is 2.74 bits per heavy atom. The number of hydrogen-bond acceptors (Lipinski definition) is 6. The van der Waals surface area contributed by atoms with Gasteiger partial charge in [0.05, 0.1) is 12.1 Å². The van der Waals surface area contributed by atoms with E-state index in [1.54, 1.807) is 31.4 Å². The van der Waals surface area contributed by atoms with Crippen molar-refractivity contribution in [3.8, 4) is 11.5 Å². The van der Waals surface area contributed by atoms with Crippen molar-refractivity contribution in [1.82, 2.24) is 4.98 Å². The van der Waals surface area contributed by atoms with Gasteiger partial charge in [0, 0.05) is 26.8 Å². The van der Waals surface area contributed by atoms with Crippen molar-refractivity contribution in [2.75, 3.05) is 19.0 Å². The lowest BCUT2D eigenvalue weighted by Crippen LogP contribution is -2.33. The number of aromatic amines is 1. The van der Waals surface area contributed by atoms with Gasteiger partial charge in [0.1, 0.15) is 0 Å². The zero-order valence-corrected chi connectivity index (χ0v) is 21.5. The van der Waals surface area contributed by atoms with Crippen molar-refractivity contribution in [2.24, 2.45) is 17.8 Å². The molecular formula is C26H25ClN2O4S2. The van der Waals surface area contributed by atoms with Crippen LogP contribution in [0.4, 0.5) is 5.69 Å². The number of H-pyrrole nitrogens is 1. The summed E-state index contributed by atoms with van der Waals surface area (Å²) in [6.45, 7) is -0.142. The van der Waals surface area contributed by atoms with E-state index >= 15 is 0 Å². The molecule has 3 aliphatic rings. The van der Waals surface area contributed by atoms with Crippen molar-refractivity contribution in [3.05, 3.63) is 67.6 Å². The van der Waals surface area contributed by atoms with Gasteiger partial charge in [-0.15, -0.1) is 11.8 Å². The lowest BCUT2D eigenvalue weighted by atomic mass is 9.75. The van der Waals surface area contributed by atoms with Crippen LogP contribution in [0, 0.1) is 17.8 Å². The van der Waals surface area contributed by atoms with E-state index in [0.29, 0.717) is 39.3 Å². The maximum absolute atomic E-state index is 12.4. The monoisotopic (exact) mass is 528 g/mol. The number of rotatable bonds is 6. The minimum atomic E-state index is -0.269. The van der Waals surface area contributed by atoms with Crippen LogP contribution >= 0.6 is 34.7 Å². The maximum Gasteiger partial charge on any atom is 0.305 e. The second kappa shape index (κ2) is 9.22. The lowest BCUT2D eigenvalue weighted by Gasteiger charge is -2.40. The molecule has 2 saturated carbocycles. The van der Waals surface area contributed by atoms with E-state index in [0.717, 1.165) is 21.4 Å². The van der Waals surface area contributed by atoms with Gasteiger partial charge in [-0.05, 0) is 79.0 Å². The Hall–Kier alpha value is -2.42. The number of thioether (sulfide) groups is 1. The van der Waals surface area contributed by atoms with Gasteiger partial charge in [0.15, 0.2) is 18.1 Å². The Labute approximate surface area is 216 Å². The number of carbonyl (C=O) groups is 1. The third-order valence-corrected chi connectivity index (χ3v) is 10.4. The minimum absolute atomic E-state index is 0.0124. The highest BCUT2D eigenvalue weighted by Crippen LogP contribution is 2.63. The molecule has 2 aromatic carbocycles. The summed E-state index contributed by atoms with van der Waals surface area (Å²) in [5.41, 5.74) is 1.79. The van der Waals surface area contributed by atoms with Crippen LogP contribution < -0.4 is 19.7 Å². The largest absolute Gasteiger partial charge is 0.493 e. The van der Waals surface area contributed by atoms with Gasteiger partial charge in [-0.3, -0.25) is 9.59 Å². The number of hydrogen-bond donors (Lipinski definition) is 2. The molecule has 1 aromatic heterocycles. The van der Waals surface area contributed by atoms with E-state index < -0.39 is 0 Å². The summed E-state index contributed by atoms with van der Waals surface area (Å²) in [6, 6.07) is 12.9. The number of nitrogens with one attached hydrogen (secondary N) is 2. The van der Waals surface area contributed by atoms with Crippen LogP contribution in [-0.4, -0.2) is 29.9 Å². The first-order valence-electron chi connectivity index (χ1n) is 11.8. The summed E-state index contributed by atoms with van der Waals surface area (Å²) in [5, 5.41) is 4.99. The summed E-state index contributed by atoms with van der Waals surface area (Å²) in [5.74, 6) is 2.97. The maximum atomic E-state index is 12.4. The van der Waals surface area contributed by atoms with Gasteiger partial charge < -0.3 is 19.8 Å². The zero-order valence-electron chi connectivity index (χ0n) is 19.1. The van der Waals surface area contributed by atoms with Crippen molar-refractivity contribution < 1.29 is 14.3 Å². The van der Waals surface area contributed by atoms with Gasteiger partial charge in [-0.25, -0.2) is 0 Å². The Morgan fingerprint density at radius 1 is 1.14 bits per heavy atom. The van der Waals surface area contributed by atoms with Crippen molar-refractivity contribution >= 4 is 46.3 Å². The first-order valence-corrected chi connectivity index (χ1v) is 13.8. The summed E-state index contributed by atoms with van der Waals surface area (Å²) in [6.07, 6.45) is 3.86. The first-order chi connectivity index (χ1) is 17.0. The Kier molecular flexibility index (Phi) is 6.06. The number of thiazole rings is 1. The molecule has 182 valence electrons. The molecule has 2 N–H and O–H groups in total. The van der Waals surface area contributed by atoms with Crippen molar-refractivity contribution in [2.45, 2.75) is 35.5 Å². The molecule has 2 aliphatic carbocycles. The number of carbonyl (C=O) groups excluding carboxylic acids is 1. The molecular weight excluding hydrogens is 504 g/mol. The molecule has 2 heterocycles. The number of fused-ring (bicyclic) bond motifs is 6. The molecule has 0 radical (unpaired) electrons. The van der Waals surface area contributed by atoms with Crippen LogP contribution in [0.15, 0.2) is 52.3 Å². The van der Waals surface area contributed by atoms with E-state index in [4.69, 9.17) is 21.1 Å². The Balaban J connectivity index is 1.24. The number of amides is 1. The van der Waals surface area contributed by atoms with Crippen LogP contribution in [0.25, 0.3) is 0 Å². The molecule has 1 amide bonds. The molecule has 2 bridgehead atoms. The van der Waals surface area contributed by atoms with E-state index in [-0.39, 0.29) is 23.3 Å². The number of aromatic nitrogens is 1. The first kappa shape index (κ1) is 23.0. The molecule has 6 nitrogen and oxygen atoms in total. The smallest absolute Gasteiger partial charge is 0.305 e. The van der Waals surface area contributed by atoms with E-state index in [1.165, 1.54) is 30.6 Å². The molecule has 2 fully saturated rings. The number of ether oxygens (including phenoxy) is 2. The molecule has 35 heavy (non-hydrogen) atoms. The number of anilines is 1. The van der Waals surface area contributed by atoms with Gasteiger partial charge in [0.2, 0.25) is 0 Å². The average Bonchev–Trinajstić information content (AvgIpc) is 3.57. The average molecular weight is 529 g/mol. The van der Waals surface area contributed by atoms with Crippen LogP contribution in [0.1, 0.15) is 35.6 Å². The quantitative estimate of drug-likeness (QED) is 0.424. The highest BCUT2D eigenvalue weighted by Gasteiger charge is 2.54. The molecule has 3 aromatic rings. The zero-order chi connectivity index (χ0) is 24.1. The Morgan fingerprint density at radius 2 is 1.94 bits per heavy atom. The second-order valence-electron chi connectivity index (χ2n) is 9.43. The Bertz CT molecular complexity index is 1320. The molecule has 0 spiro atoms. The molecule has 5 atom stereocenters. The third kappa shape index (κ3) is 4.26. The van der Waals surface area contributed by atoms with Crippen molar-refractivity contribution in [1.29, 1.82) is 0 Å².